The first-order valence-electron chi connectivity index (χ1n) is 6.70. The van der Waals surface area contributed by atoms with Crippen LogP contribution in [0, 0.1) is 16.7 Å². The van der Waals surface area contributed by atoms with E-state index < -0.39 is 17.7 Å². The van der Waals surface area contributed by atoms with E-state index in [1.165, 1.54) is 12.1 Å². The maximum atomic E-state index is 12.2. The number of aromatic nitrogens is 1. The third-order valence-electron chi connectivity index (χ3n) is 3.67. The zero-order valence-corrected chi connectivity index (χ0v) is 12.4. The Morgan fingerprint density at radius 2 is 2.17 bits per heavy atom. The molecule has 1 aliphatic carbocycles. The average Bonchev–Trinajstić information content (AvgIpc) is 2.77. The van der Waals surface area contributed by atoms with Gasteiger partial charge in [-0.15, -0.1) is 13.2 Å². The van der Waals surface area contributed by atoms with Crippen molar-refractivity contribution in [3.05, 3.63) is 18.2 Å². The Morgan fingerprint density at radius 3 is 2.74 bits per heavy atom. The van der Waals surface area contributed by atoms with Crippen LogP contribution in [0.25, 0.3) is 10.2 Å². The van der Waals surface area contributed by atoms with Crippen LogP contribution in [-0.4, -0.2) is 17.3 Å². The molecule has 23 heavy (non-hydrogen) atoms. The van der Waals surface area contributed by atoms with E-state index in [0.717, 1.165) is 23.8 Å². The van der Waals surface area contributed by atoms with Crippen molar-refractivity contribution in [3.8, 4) is 11.8 Å². The summed E-state index contributed by atoms with van der Waals surface area (Å²) in [6.07, 6.45) is -2.94. The third kappa shape index (κ3) is 3.07. The summed E-state index contributed by atoms with van der Waals surface area (Å²) in [5.41, 5.74) is -0.568. The number of nitriles is 1. The first-order valence-corrected chi connectivity index (χ1v) is 7.52. The van der Waals surface area contributed by atoms with Gasteiger partial charge in [-0.1, -0.05) is 11.3 Å². The quantitative estimate of drug-likeness (QED) is 0.921. The maximum absolute atomic E-state index is 12.2. The Hall–Kier alpha value is -2.34. The minimum absolute atomic E-state index is 0.246. The number of nitrogens with one attached hydrogen (secondary N) is 1. The Bertz CT molecular complexity index is 806. The fourth-order valence-corrected chi connectivity index (χ4v) is 3.18. The lowest BCUT2D eigenvalue weighted by Crippen LogP contribution is -2.40. The van der Waals surface area contributed by atoms with Crippen LogP contribution in [0.1, 0.15) is 19.3 Å². The summed E-state index contributed by atoms with van der Waals surface area (Å²) < 4.78 is 40.9. The van der Waals surface area contributed by atoms with Crippen LogP contribution >= 0.6 is 11.3 Å². The number of hydrogen-bond donors (Lipinski definition) is 1. The minimum atomic E-state index is -4.77. The largest absolute Gasteiger partial charge is 0.573 e. The molecule has 1 N–H and O–H groups in total. The van der Waals surface area contributed by atoms with Gasteiger partial charge in [0.1, 0.15) is 11.2 Å². The molecule has 1 fully saturated rings. The second-order valence-corrected chi connectivity index (χ2v) is 6.23. The number of hydrogen-bond acceptors (Lipinski definition) is 5. The second kappa shape index (κ2) is 5.38. The number of alkyl halides is 3. The van der Waals surface area contributed by atoms with Gasteiger partial charge in [0, 0.05) is 6.07 Å². The topological polar surface area (TPSA) is 75.0 Å². The van der Waals surface area contributed by atoms with Crippen molar-refractivity contribution in [2.45, 2.75) is 25.6 Å². The van der Waals surface area contributed by atoms with Gasteiger partial charge < -0.3 is 10.1 Å². The van der Waals surface area contributed by atoms with E-state index in [2.05, 4.69) is 15.0 Å². The van der Waals surface area contributed by atoms with E-state index in [4.69, 9.17) is 5.26 Å². The van der Waals surface area contributed by atoms with Crippen molar-refractivity contribution in [3.63, 3.8) is 0 Å². The van der Waals surface area contributed by atoms with Crippen LogP contribution < -0.4 is 10.1 Å². The van der Waals surface area contributed by atoms with Gasteiger partial charge in [0.2, 0.25) is 5.91 Å². The molecule has 1 saturated carbocycles. The number of anilines is 1. The van der Waals surface area contributed by atoms with Gasteiger partial charge in [-0.3, -0.25) is 4.79 Å². The van der Waals surface area contributed by atoms with Crippen LogP contribution in [0.4, 0.5) is 18.3 Å². The van der Waals surface area contributed by atoms with Gasteiger partial charge >= 0.3 is 6.36 Å². The fourth-order valence-electron chi connectivity index (χ4n) is 2.29. The van der Waals surface area contributed by atoms with E-state index >= 15 is 0 Å². The number of halogens is 3. The molecule has 9 heteroatoms. The van der Waals surface area contributed by atoms with E-state index in [0.29, 0.717) is 23.1 Å². The lowest BCUT2D eigenvalue weighted by molar-refractivity contribution is -0.274. The van der Waals surface area contributed by atoms with Crippen molar-refractivity contribution in [1.82, 2.24) is 4.98 Å². The summed E-state index contributed by atoms with van der Waals surface area (Å²) in [6, 6.07) is 5.77. The van der Waals surface area contributed by atoms with E-state index in [1.54, 1.807) is 0 Å². The van der Waals surface area contributed by atoms with Crippen molar-refractivity contribution >= 4 is 32.6 Å². The molecule has 0 saturated heterocycles. The molecular weight excluding hydrogens is 331 g/mol. The number of rotatable bonds is 3. The molecule has 1 aliphatic rings. The molecule has 3 rings (SSSR count). The minimum Gasteiger partial charge on any atom is -0.406 e. The van der Waals surface area contributed by atoms with E-state index in [-0.39, 0.29) is 10.9 Å². The molecule has 2 aromatic rings. The Balaban J connectivity index is 1.80. The molecule has 1 aromatic heterocycles. The van der Waals surface area contributed by atoms with E-state index in [9.17, 15) is 18.0 Å². The number of benzene rings is 1. The summed E-state index contributed by atoms with van der Waals surface area (Å²) >= 11 is 1.03. The van der Waals surface area contributed by atoms with Crippen LogP contribution in [-0.2, 0) is 4.79 Å². The number of nitrogens with zero attached hydrogens (tertiary/aromatic N) is 2. The van der Waals surface area contributed by atoms with Crippen molar-refractivity contribution < 1.29 is 22.7 Å². The fraction of sp³-hybridized carbons (Fsp3) is 0.357. The summed E-state index contributed by atoms with van der Waals surface area (Å²) in [4.78, 5) is 16.3. The van der Waals surface area contributed by atoms with Gasteiger partial charge in [-0.05, 0) is 31.4 Å². The molecule has 0 unspecified atom stereocenters. The molecule has 1 heterocycles. The van der Waals surface area contributed by atoms with Gasteiger partial charge in [0.25, 0.3) is 0 Å². The maximum Gasteiger partial charge on any atom is 0.573 e. The molecule has 1 aromatic carbocycles. The molecular formula is C14H10F3N3O2S. The number of amides is 1. The van der Waals surface area contributed by atoms with Crippen LogP contribution in [0.2, 0.25) is 0 Å². The zero-order valence-electron chi connectivity index (χ0n) is 11.6. The first-order chi connectivity index (χ1) is 10.8. The van der Waals surface area contributed by atoms with Gasteiger partial charge in [-0.2, -0.15) is 5.26 Å². The summed E-state index contributed by atoms with van der Waals surface area (Å²) in [5.74, 6) is -0.768. The Morgan fingerprint density at radius 1 is 1.43 bits per heavy atom. The van der Waals surface area contributed by atoms with Crippen LogP contribution in [0.15, 0.2) is 18.2 Å². The molecule has 1 amide bonds. The third-order valence-corrected chi connectivity index (χ3v) is 4.60. The summed E-state index contributed by atoms with van der Waals surface area (Å²) in [6.45, 7) is 0. The summed E-state index contributed by atoms with van der Waals surface area (Å²) in [5, 5.41) is 11.9. The number of thiazole rings is 1. The molecule has 120 valence electrons. The van der Waals surface area contributed by atoms with E-state index in [1.807, 2.05) is 6.07 Å². The second-order valence-electron chi connectivity index (χ2n) is 5.20. The SMILES string of the molecule is N#CC1(C(=O)Nc2nc3ccc(OC(F)(F)F)cc3s2)CCC1. The van der Waals surface area contributed by atoms with Crippen molar-refractivity contribution in [2.24, 2.45) is 5.41 Å². The van der Waals surface area contributed by atoms with Crippen LogP contribution in [0.5, 0.6) is 5.75 Å². The predicted molar refractivity (Wildman–Crippen MR) is 76.8 cm³/mol. The monoisotopic (exact) mass is 341 g/mol. The smallest absolute Gasteiger partial charge is 0.406 e. The van der Waals surface area contributed by atoms with Crippen LogP contribution in [0.3, 0.4) is 0 Å². The van der Waals surface area contributed by atoms with Gasteiger partial charge in [-0.25, -0.2) is 4.98 Å². The molecule has 0 bridgehead atoms. The highest BCUT2D eigenvalue weighted by Gasteiger charge is 2.45. The molecule has 5 nitrogen and oxygen atoms in total. The number of fused-ring (bicyclic) bond motifs is 1. The highest BCUT2D eigenvalue weighted by Crippen LogP contribution is 2.41. The molecule has 0 spiro atoms. The molecule has 0 aliphatic heterocycles. The zero-order chi connectivity index (χ0) is 16.7. The Labute approximate surface area is 132 Å². The highest BCUT2D eigenvalue weighted by molar-refractivity contribution is 7.22. The van der Waals surface area contributed by atoms with Crippen molar-refractivity contribution in [1.29, 1.82) is 5.26 Å². The lowest BCUT2D eigenvalue weighted by atomic mass is 9.69. The predicted octanol–water partition coefficient (Wildman–Crippen LogP) is 3.83. The highest BCUT2D eigenvalue weighted by atomic mass is 32.1. The first kappa shape index (κ1) is 15.6. The number of ether oxygens (including phenoxy) is 1. The normalized spacial score (nSPS) is 16.4. The van der Waals surface area contributed by atoms with Crippen molar-refractivity contribution in [2.75, 3.05) is 5.32 Å². The lowest BCUT2D eigenvalue weighted by Gasteiger charge is -2.32. The number of carbonyl (C=O) groups excluding carboxylic acids is 1. The van der Waals surface area contributed by atoms with Gasteiger partial charge in [0.05, 0.1) is 16.3 Å². The number of carbonyl (C=O) groups is 1. The van der Waals surface area contributed by atoms with Gasteiger partial charge in [0.15, 0.2) is 5.13 Å². The summed E-state index contributed by atoms with van der Waals surface area (Å²) in [7, 11) is 0. The standard InChI is InChI=1S/C14H10F3N3O2S/c15-14(16,17)22-8-2-3-9-10(6-8)23-12(19-9)20-11(21)13(7-18)4-1-5-13/h2-3,6H,1,4-5H2,(H,19,20,21). The molecule has 0 atom stereocenters. The Kier molecular flexibility index (Phi) is 3.64. The average molecular weight is 341 g/mol. The molecule has 0 radical (unpaired) electrons.